The Morgan fingerprint density at radius 2 is 2.13 bits per heavy atom. The molecule has 1 aromatic carbocycles. The Bertz CT molecular complexity index is 837. The van der Waals surface area contributed by atoms with Crippen molar-refractivity contribution in [3.8, 4) is 22.8 Å². The van der Waals surface area contributed by atoms with Crippen LogP contribution < -0.4 is 4.90 Å². The molecule has 0 radical (unpaired) electrons. The van der Waals surface area contributed by atoms with E-state index in [1.54, 1.807) is 23.3 Å². The normalized spacial score (nSPS) is 14.0. The van der Waals surface area contributed by atoms with Gasteiger partial charge in [-0.25, -0.2) is 0 Å². The van der Waals surface area contributed by atoms with Gasteiger partial charge in [-0.15, -0.1) is 0 Å². The van der Waals surface area contributed by atoms with Crippen LogP contribution in [0.15, 0.2) is 45.6 Å². The Balaban J connectivity index is 1.70. The average molecular weight is 325 g/mol. The molecule has 1 fully saturated rings. The number of amides is 1. The van der Waals surface area contributed by atoms with Crippen molar-refractivity contribution >= 4 is 22.9 Å². The van der Waals surface area contributed by atoms with Crippen molar-refractivity contribution < 1.29 is 9.32 Å². The number of hydrogen-bond acceptors (Lipinski definition) is 5. The summed E-state index contributed by atoms with van der Waals surface area (Å²) in [5.41, 5.74) is 2.51. The summed E-state index contributed by atoms with van der Waals surface area (Å²) in [4.78, 5) is 18.5. The van der Waals surface area contributed by atoms with Crippen molar-refractivity contribution in [3.63, 3.8) is 0 Å². The number of para-hydroxylation sites is 1. The molecular weight excluding hydrogens is 310 g/mol. The number of carbonyl (C=O) groups is 1. The number of thiophene rings is 1. The molecule has 116 valence electrons. The number of hydrogen-bond donors (Lipinski definition) is 0. The Labute approximate surface area is 137 Å². The standard InChI is InChI=1S/C17H15N3O2S/c1-20(17(21)11-6-7-11)14-5-3-2-4-13(14)16-18-15(19-22-16)12-8-9-23-10-12/h2-5,8-11H,6-7H2,1H3. The first-order valence-electron chi connectivity index (χ1n) is 7.47. The van der Waals surface area contributed by atoms with E-state index in [-0.39, 0.29) is 11.8 Å². The van der Waals surface area contributed by atoms with Gasteiger partial charge in [-0.05, 0) is 36.4 Å². The molecule has 0 saturated heterocycles. The Morgan fingerprint density at radius 1 is 1.30 bits per heavy atom. The zero-order valence-electron chi connectivity index (χ0n) is 12.6. The Kier molecular flexibility index (Phi) is 3.46. The second kappa shape index (κ2) is 5.62. The van der Waals surface area contributed by atoms with E-state index in [1.807, 2.05) is 41.1 Å². The van der Waals surface area contributed by atoms with Crippen molar-refractivity contribution in [2.24, 2.45) is 5.92 Å². The van der Waals surface area contributed by atoms with Crippen LogP contribution >= 0.6 is 11.3 Å². The number of carbonyl (C=O) groups excluding carboxylic acids is 1. The molecule has 0 unspecified atom stereocenters. The van der Waals surface area contributed by atoms with Gasteiger partial charge in [-0.3, -0.25) is 4.79 Å². The van der Waals surface area contributed by atoms with Crippen LogP contribution in [0.3, 0.4) is 0 Å². The molecule has 0 aliphatic heterocycles. The maximum absolute atomic E-state index is 12.3. The molecule has 0 N–H and O–H groups in total. The third kappa shape index (κ3) is 2.66. The zero-order chi connectivity index (χ0) is 15.8. The number of benzene rings is 1. The molecule has 4 rings (SSSR count). The van der Waals surface area contributed by atoms with Crippen LogP contribution in [0, 0.1) is 5.92 Å². The number of nitrogens with zero attached hydrogens (tertiary/aromatic N) is 3. The van der Waals surface area contributed by atoms with Crippen molar-refractivity contribution in [1.82, 2.24) is 10.1 Å². The largest absolute Gasteiger partial charge is 0.334 e. The summed E-state index contributed by atoms with van der Waals surface area (Å²) in [6.45, 7) is 0. The van der Waals surface area contributed by atoms with Crippen molar-refractivity contribution in [3.05, 3.63) is 41.1 Å². The maximum Gasteiger partial charge on any atom is 0.260 e. The second-order valence-corrected chi connectivity index (χ2v) is 6.40. The molecule has 6 heteroatoms. The highest BCUT2D eigenvalue weighted by Gasteiger charge is 2.33. The molecule has 1 saturated carbocycles. The van der Waals surface area contributed by atoms with Crippen LogP contribution in [-0.4, -0.2) is 23.1 Å². The average Bonchev–Trinajstić information content (AvgIpc) is 3.09. The van der Waals surface area contributed by atoms with Gasteiger partial charge in [0.15, 0.2) is 0 Å². The van der Waals surface area contributed by atoms with E-state index in [2.05, 4.69) is 10.1 Å². The lowest BCUT2D eigenvalue weighted by Gasteiger charge is -2.19. The maximum atomic E-state index is 12.3. The number of rotatable bonds is 4. The third-order valence-electron chi connectivity index (χ3n) is 3.96. The van der Waals surface area contributed by atoms with Crippen LogP contribution in [0.25, 0.3) is 22.8 Å². The van der Waals surface area contributed by atoms with Gasteiger partial charge >= 0.3 is 0 Å². The fraction of sp³-hybridized carbons (Fsp3) is 0.235. The van der Waals surface area contributed by atoms with Crippen LogP contribution in [0.5, 0.6) is 0 Å². The molecule has 23 heavy (non-hydrogen) atoms. The SMILES string of the molecule is CN(C(=O)C1CC1)c1ccccc1-c1nc(-c2ccsc2)no1. The summed E-state index contributed by atoms with van der Waals surface area (Å²) < 4.78 is 5.43. The van der Waals surface area contributed by atoms with Gasteiger partial charge in [0.2, 0.25) is 11.7 Å². The first-order valence-corrected chi connectivity index (χ1v) is 8.41. The molecule has 5 nitrogen and oxygen atoms in total. The minimum atomic E-state index is 0.148. The van der Waals surface area contributed by atoms with Crippen LogP contribution in [0.2, 0.25) is 0 Å². The predicted molar refractivity (Wildman–Crippen MR) is 89.2 cm³/mol. The van der Waals surface area contributed by atoms with E-state index >= 15 is 0 Å². The summed E-state index contributed by atoms with van der Waals surface area (Å²) in [5.74, 6) is 1.30. The van der Waals surface area contributed by atoms with Gasteiger partial charge in [-0.2, -0.15) is 16.3 Å². The van der Waals surface area contributed by atoms with E-state index < -0.39 is 0 Å². The van der Waals surface area contributed by atoms with Gasteiger partial charge in [-0.1, -0.05) is 17.3 Å². The number of anilines is 1. The zero-order valence-corrected chi connectivity index (χ0v) is 13.4. The molecular formula is C17H15N3O2S. The van der Waals surface area contributed by atoms with Gasteiger partial charge in [0.1, 0.15) is 0 Å². The molecule has 3 aromatic rings. The van der Waals surface area contributed by atoms with Crippen LogP contribution in [-0.2, 0) is 4.79 Å². The summed E-state index contributed by atoms with van der Waals surface area (Å²) in [5, 5.41) is 7.99. The highest BCUT2D eigenvalue weighted by atomic mass is 32.1. The van der Waals surface area contributed by atoms with Gasteiger partial charge in [0.25, 0.3) is 5.89 Å². The lowest BCUT2D eigenvalue weighted by molar-refractivity contribution is -0.119. The van der Waals surface area contributed by atoms with Crippen LogP contribution in [0.1, 0.15) is 12.8 Å². The summed E-state index contributed by atoms with van der Waals surface area (Å²) in [6, 6.07) is 9.57. The molecule has 1 amide bonds. The molecule has 2 heterocycles. The summed E-state index contributed by atoms with van der Waals surface area (Å²) >= 11 is 1.59. The van der Waals surface area contributed by atoms with Gasteiger partial charge in [0, 0.05) is 23.9 Å². The van der Waals surface area contributed by atoms with Gasteiger partial charge < -0.3 is 9.42 Å². The molecule has 0 bridgehead atoms. The van der Waals surface area contributed by atoms with Crippen LogP contribution in [0.4, 0.5) is 5.69 Å². The predicted octanol–water partition coefficient (Wildman–Crippen LogP) is 3.84. The smallest absolute Gasteiger partial charge is 0.260 e. The molecule has 1 aliphatic rings. The first-order chi connectivity index (χ1) is 11.2. The summed E-state index contributed by atoms with van der Waals surface area (Å²) in [6.07, 6.45) is 1.96. The van der Waals surface area contributed by atoms with E-state index in [9.17, 15) is 4.79 Å². The quantitative estimate of drug-likeness (QED) is 0.731. The molecule has 1 aliphatic carbocycles. The minimum absolute atomic E-state index is 0.148. The van der Waals surface area contributed by atoms with E-state index in [0.717, 1.165) is 29.7 Å². The van der Waals surface area contributed by atoms with E-state index in [4.69, 9.17) is 4.52 Å². The highest BCUT2D eigenvalue weighted by Crippen LogP contribution is 2.35. The summed E-state index contributed by atoms with van der Waals surface area (Å²) in [7, 11) is 1.80. The van der Waals surface area contributed by atoms with Crippen molar-refractivity contribution in [1.29, 1.82) is 0 Å². The minimum Gasteiger partial charge on any atom is -0.334 e. The monoisotopic (exact) mass is 325 g/mol. The van der Waals surface area contributed by atoms with E-state index in [0.29, 0.717) is 11.7 Å². The highest BCUT2D eigenvalue weighted by molar-refractivity contribution is 7.08. The molecule has 0 atom stereocenters. The topological polar surface area (TPSA) is 59.2 Å². The fourth-order valence-corrected chi connectivity index (χ4v) is 3.15. The lowest BCUT2D eigenvalue weighted by Crippen LogP contribution is -2.28. The van der Waals surface area contributed by atoms with Crippen molar-refractivity contribution in [2.75, 3.05) is 11.9 Å². The molecule has 2 aromatic heterocycles. The number of aromatic nitrogens is 2. The third-order valence-corrected chi connectivity index (χ3v) is 4.64. The molecule has 0 spiro atoms. The first kappa shape index (κ1) is 14.1. The van der Waals surface area contributed by atoms with Gasteiger partial charge in [0.05, 0.1) is 11.3 Å². The Hall–Kier alpha value is -2.47. The fourth-order valence-electron chi connectivity index (χ4n) is 2.51. The second-order valence-electron chi connectivity index (χ2n) is 5.62. The van der Waals surface area contributed by atoms with E-state index in [1.165, 1.54) is 0 Å². The Morgan fingerprint density at radius 3 is 2.87 bits per heavy atom. The lowest BCUT2D eigenvalue weighted by atomic mass is 10.1. The van der Waals surface area contributed by atoms with Crippen molar-refractivity contribution in [2.45, 2.75) is 12.8 Å².